The van der Waals surface area contributed by atoms with Crippen LogP contribution >= 0.6 is 0 Å². The van der Waals surface area contributed by atoms with Crippen LogP contribution in [0.25, 0.3) is 10.9 Å². The molecule has 2 amide bonds. The molecule has 0 saturated carbocycles. The quantitative estimate of drug-likeness (QED) is 0.642. The van der Waals surface area contributed by atoms with Crippen LogP contribution in [0.4, 0.5) is 11.4 Å². The molecule has 32 heavy (non-hydrogen) atoms. The molecule has 0 radical (unpaired) electrons. The Hall–Kier alpha value is -3.33. The highest BCUT2D eigenvalue weighted by Gasteiger charge is 2.30. The van der Waals surface area contributed by atoms with E-state index in [-0.39, 0.29) is 29.3 Å². The lowest BCUT2D eigenvalue weighted by Crippen LogP contribution is -2.33. The van der Waals surface area contributed by atoms with Gasteiger partial charge in [-0.3, -0.25) is 14.3 Å². The Labute approximate surface area is 187 Å². The first-order valence-electron chi connectivity index (χ1n) is 10.3. The van der Waals surface area contributed by atoms with E-state index in [2.05, 4.69) is 4.72 Å². The van der Waals surface area contributed by atoms with Crippen molar-refractivity contribution in [2.24, 2.45) is 0 Å². The van der Waals surface area contributed by atoms with Gasteiger partial charge in [0.2, 0.25) is 11.8 Å². The second-order valence-corrected chi connectivity index (χ2v) is 10.0. The highest BCUT2D eigenvalue weighted by Crippen LogP contribution is 2.34. The van der Waals surface area contributed by atoms with Gasteiger partial charge in [-0.15, -0.1) is 0 Å². The van der Waals surface area contributed by atoms with Gasteiger partial charge in [-0.25, -0.2) is 8.42 Å². The summed E-state index contributed by atoms with van der Waals surface area (Å²) in [6.45, 7) is 3.67. The number of fused-ring (bicyclic) bond motifs is 2. The van der Waals surface area contributed by atoms with E-state index in [0.29, 0.717) is 12.1 Å². The molecule has 1 atom stereocenters. The number of nitrogens with one attached hydrogen (secondary N) is 1. The van der Waals surface area contributed by atoms with E-state index >= 15 is 0 Å². The predicted octanol–water partition coefficient (Wildman–Crippen LogP) is 2.83. The third-order valence-corrected chi connectivity index (χ3v) is 7.12. The molecule has 168 valence electrons. The molecule has 4 rings (SSSR count). The Balaban J connectivity index is 1.58. The highest BCUT2D eigenvalue weighted by atomic mass is 32.2. The summed E-state index contributed by atoms with van der Waals surface area (Å²) in [4.78, 5) is 27.3. The van der Waals surface area contributed by atoms with Crippen molar-refractivity contribution in [2.45, 2.75) is 37.8 Å². The van der Waals surface area contributed by atoms with Crippen LogP contribution in [0.15, 0.2) is 53.6 Å². The number of nitrogens with zero attached hydrogens (tertiary/aromatic N) is 3. The Kier molecular flexibility index (Phi) is 5.46. The average Bonchev–Trinajstić information content (AvgIpc) is 3.26. The number of anilines is 2. The van der Waals surface area contributed by atoms with Crippen LogP contribution in [-0.2, 0) is 32.6 Å². The van der Waals surface area contributed by atoms with Crippen molar-refractivity contribution in [1.82, 2.24) is 9.47 Å². The van der Waals surface area contributed by atoms with Crippen molar-refractivity contribution in [3.8, 4) is 0 Å². The molecule has 1 N–H and O–H groups in total. The summed E-state index contributed by atoms with van der Waals surface area (Å²) in [5.41, 5.74) is 2.89. The van der Waals surface area contributed by atoms with Gasteiger partial charge in [-0.1, -0.05) is 0 Å². The maximum Gasteiger partial charge on any atom is 0.261 e. The van der Waals surface area contributed by atoms with Crippen molar-refractivity contribution in [3.05, 3.63) is 54.2 Å². The molecule has 9 heteroatoms. The summed E-state index contributed by atoms with van der Waals surface area (Å²) >= 11 is 0. The summed E-state index contributed by atoms with van der Waals surface area (Å²) in [5.74, 6) is -0.0842. The molecule has 8 nitrogen and oxygen atoms in total. The number of carbonyl (C=O) groups is 2. The number of likely N-dealkylation sites (N-methyl/N-ethyl adjacent to an activating group) is 1. The number of rotatable bonds is 5. The van der Waals surface area contributed by atoms with Crippen molar-refractivity contribution in [3.63, 3.8) is 0 Å². The van der Waals surface area contributed by atoms with E-state index in [9.17, 15) is 18.0 Å². The predicted molar refractivity (Wildman–Crippen MR) is 124 cm³/mol. The van der Waals surface area contributed by atoms with Gasteiger partial charge in [0.15, 0.2) is 0 Å². The number of benzene rings is 2. The summed E-state index contributed by atoms with van der Waals surface area (Å²) < 4.78 is 30.5. The molecule has 1 unspecified atom stereocenters. The molecule has 2 aromatic carbocycles. The van der Waals surface area contributed by atoms with E-state index in [1.54, 1.807) is 49.3 Å². The summed E-state index contributed by atoms with van der Waals surface area (Å²) in [7, 11) is -0.390. The fourth-order valence-corrected chi connectivity index (χ4v) is 5.26. The van der Waals surface area contributed by atoms with Crippen molar-refractivity contribution >= 4 is 44.1 Å². The largest absolute Gasteiger partial charge is 0.347 e. The zero-order valence-electron chi connectivity index (χ0n) is 18.5. The zero-order chi connectivity index (χ0) is 23.2. The normalized spacial score (nSPS) is 15.6. The topological polar surface area (TPSA) is 91.7 Å². The highest BCUT2D eigenvalue weighted by molar-refractivity contribution is 7.92. The average molecular weight is 455 g/mol. The van der Waals surface area contributed by atoms with Crippen molar-refractivity contribution in [1.29, 1.82) is 0 Å². The summed E-state index contributed by atoms with van der Waals surface area (Å²) in [6, 6.07) is 11.9. The van der Waals surface area contributed by atoms with E-state index in [1.807, 2.05) is 23.8 Å². The third-order valence-electron chi connectivity index (χ3n) is 5.74. The maximum absolute atomic E-state index is 13.0. The lowest BCUT2D eigenvalue weighted by molar-refractivity contribution is -0.129. The monoisotopic (exact) mass is 454 g/mol. The first-order valence-corrected chi connectivity index (χ1v) is 11.8. The molecule has 1 aromatic heterocycles. The molecular weight excluding hydrogens is 428 g/mol. The van der Waals surface area contributed by atoms with Crippen LogP contribution in [0, 0.1) is 0 Å². The first-order chi connectivity index (χ1) is 15.1. The van der Waals surface area contributed by atoms with Gasteiger partial charge in [-0.2, -0.15) is 0 Å². The molecular formula is C23H26N4O4S. The second-order valence-electron chi connectivity index (χ2n) is 8.34. The number of amides is 2. The minimum absolute atomic E-state index is 0.000709. The summed E-state index contributed by atoms with van der Waals surface area (Å²) in [6.07, 6.45) is 2.43. The van der Waals surface area contributed by atoms with Gasteiger partial charge in [-0.05, 0) is 61.4 Å². The van der Waals surface area contributed by atoms with Crippen LogP contribution in [0.1, 0.15) is 19.4 Å². The first kappa shape index (κ1) is 21.9. The van der Waals surface area contributed by atoms with Crippen LogP contribution in [0.2, 0.25) is 0 Å². The molecule has 3 aromatic rings. The van der Waals surface area contributed by atoms with E-state index in [1.165, 1.54) is 17.9 Å². The van der Waals surface area contributed by atoms with Gasteiger partial charge in [0.25, 0.3) is 10.0 Å². The Morgan fingerprint density at radius 2 is 1.88 bits per heavy atom. The van der Waals surface area contributed by atoms with Crippen LogP contribution < -0.4 is 9.62 Å². The minimum Gasteiger partial charge on any atom is -0.347 e. The summed E-state index contributed by atoms with van der Waals surface area (Å²) in [5, 5.41) is 0.830. The van der Waals surface area contributed by atoms with Crippen LogP contribution in [0.5, 0.6) is 0 Å². The fourth-order valence-electron chi connectivity index (χ4n) is 4.16. The molecule has 2 heterocycles. The second kappa shape index (κ2) is 7.98. The molecule has 1 aliphatic heterocycles. The van der Waals surface area contributed by atoms with Gasteiger partial charge >= 0.3 is 0 Å². The number of carbonyl (C=O) groups excluding carboxylic acids is 2. The Morgan fingerprint density at radius 3 is 2.56 bits per heavy atom. The third kappa shape index (κ3) is 3.95. The molecule has 1 aliphatic rings. The minimum atomic E-state index is -3.80. The Bertz CT molecular complexity index is 1330. The van der Waals surface area contributed by atoms with Crippen molar-refractivity contribution < 1.29 is 18.0 Å². The van der Waals surface area contributed by atoms with Gasteiger partial charge in [0.1, 0.15) is 6.54 Å². The number of sulfonamides is 1. The van der Waals surface area contributed by atoms with E-state index in [4.69, 9.17) is 0 Å². The molecule has 0 bridgehead atoms. The lowest BCUT2D eigenvalue weighted by atomic mass is 10.1. The van der Waals surface area contributed by atoms with Gasteiger partial charge in [0.05, 0.1) is 4.90 Å². The maximum atomic E-state index is 13.0. The molecule has 0 saturated heterocycles. The van der Waals surface area contributed by atoms with Gasteiger partial charge < -0.3 is 14.4 Å². The molecule has 0 fully saturated rings. The smallest absolute Gasteiger partial charge is 0.261 e. The van der Waals surface area contributed by atoms with Gasteiger partial charge in [0, 0.05) is 55.5 Å². The number of aromatic nitrogens is 1. The lowest BCUT2D eigenvalue weighted by Gasteiger charge is -2.20. The standard InChI is InChI=1S/C23H26N4O4S/c1-15-11-18-13-20(6-8-22(18)27(15)16(2)28)32(30,31)24-19-5-7-21-17(12-19)9-10-26(21)14-23(29)25(3)4/h5-10,12-13,15,24H,11,14H2,1-4H3. The Morgan fingerprint density at radius 1 is 1.12 bits per heavy atom. The number of hydrogen-bond donors (Lipinski definition) is 1. The van der Waals surface area contributed by atoms with E-state index < -0.39 is 10.0 Å². The number of hydrogen-bond acceptors (Lipinski definition) is 4. The molecule has 0 spiro atoms. The zero-order valence-corrected chi connectivity index (χ0v) is 19.3. The van der Waals surface area contributed by atoms with Crippen molar-refractivity contribution in [2.75, 3.05) is 23.7 Å². The fraction of sp³-hybridized carbons (Fsp3) is 0.304. The van der Waals surface area contributed by atoms with E-state index in [0.717, 1.165) is 22.2 Å². The molecule has 0 aliphatic carbocycles. The van der Waals surface area contributed by atoms with Crippen LogP contribution in [-0.4, -0.2) is 49.8 Å². The van der Waals surface area contributed by atoms with Crippen LogP contribution in [0.3, 0.4) is 0 Å². The SMILES string of the molecule is CC(=O)N1c2ccc(S(=O)(=O)Nc3ccc4c(ccn4CC(=O)N(C)C)c3)cc2CC1C.